The van der Waals surface area contributed by atoms with Crippen molar-refractivity contribution in [3.05, 3.63) is 0 Å². The number of ether oxygens (including phenoxy) is 1. The lowest BCUT2D eigenvalue weighted by Gasteiger charge is -2.41. The summed E-state index contributed by atoms with van der Waals surface area (Å²) in [5, 5.41) is 8.84. The number of nitrogens with zero attached hydrogens (tertiary/aromatic N) is 2. The van der Waals surface area contributed by atoms with Gasteiger partial charge >= 0.3 is 5.97 Å². The Morgan fingerprint density at radius 2 is 2.20 bits per heavy atom. The van der Waals surface area contributed by atoms with Crippen LogP contribution in [-0.2, 0) is 9.53 Å². The van der Waals surface area contributed by atoms with Crippen molar-refractivity contribution in [1.29, 1.82) is 0 Å². The number of carboxylic acid groups (broad SMARTS) is 1. The molecule has 86 valence electrons. The second-order valence-corrected chi connectivity index (χ2v) is 4.54. The van der Waals surface area contributed by atoms with E-state index >= 15 is 0 Å². The van der Waals surface area contributed by atoms with E-state index in [0.29, 0.717) is 19.1 Å². The van der Waals surface area contributed by atoms with Crippen molar-refractivity contribution < 1.29 is 14.6 Å². The molecule has 0 aromatic rings. The van der Waals surface area contributed by atoms with E-state index in [1.165, 1.54) is 0 Å². The first-order valence-electron chi connectivity index (χ1n) is 5.40. The molecule has 0 radical (unpaired) electrons. The largest absolute Gasteiger partial charge is 0.479 e. The third-order valence-electron chi connectivity index (χ3n) is 3.08. The molecule has 2 rings (SSSR count). The Labute approximate surface area is 89.6 Å². The van der Waals surface area contributed by atoms with Gasteiger partial charge in [-0.15, -0.1) is 0 Å². The molecule has 0 spiro atoms. The minimum absolute atomic E-state index is 0.537. The van der Waals surface area contributed by atoms with E-state index in [1.807, 2.05) is 0 Å². The zero-order valence-corrected chi connectivity index (χ0v) is 9.06. The summed E-state index contributed by atoms with van der Waals surface area (Å²) < 4.78 is 5.17. The molecule has 0 amide bonds. The van der Waals surface area contributed by atoms with Gasteiger partial charge in [-0.25, -0.2) is 4.79 Å². The molecule has 0 bridgehead atoms. The minimum atomic E-state index is -0.842. The number of likely N-dealkylation sites (tertiary alicyclic amines) is 1. The van der Waals surface area contributed by atoms with Crippen LogP contribution >= 0.6 is 0 Å². The number of hydrogen-bond acceptors (Lipinski definition) is 4. The van der Waals surface area contributed by atoms with Crippen molar-refractivity contribution in [2.24, 2.45) is 5.92 Å². The summed E-state index contributed by atoms with van der Waals surface area (Å²) in [7, 11) is 2.11. The Morgan fingerprint density at radius 3 is 2.80 bits per heavy atom. The molecular formula is C10H18N2O3. The smallest absolute Gasteiger partial charge is 0.334 e. The second-order valence-electron chi connectivity index (χ2n) is 4.54. The van der Waals surface area contributed by atoms with E-state index in [9.17, 15) is 4.79 Å². The lowest BCUT2D eigenvalue weighted by molar-refractivity contribution is -0.156. The lowest BCUT2D eigenvalue weighted by atomic mass is 10.0. The first-order chi connectivity index (χ1) is 7.15. The van der Waals surface area contributed by atoms with Gasteiger partial charge < -0.3 is 14.7 Å². The number of aliphatic carboxylic acids is 1. The summed E-state index contributed by atoms with van der Waals surface area (Å²) in [5.74, 6) is -0.132. The third-order valence-corrected chi connectivity index (χ3v) is 3.08. The topological polar surface area (TPSA) is 53.0 Å². The minimum Gasteiger partial charge on any atom is -0.479 e. The van der Waals surface area contributed by atoms with Crippen molar-refractivity contribution in [3.63, 3.8) is 0 Å². The number of rotatable bonds is 3. The molecule has 1 unspecified atom stereocenters. The standard InChI is InChI=1S/C10H18N2O3/c1-11-4-8(5-11)6-12-2-3-15-9(7-12)10(13)14/h8-9H,2-7H2,1H3,(H,13,14). The van der Waals surface area contributed by atoms with Gasteiger partial charge in [-0.3, -0.25) is 4.90 Å². The van der Waals surface area contributed by atoms with Crippen LogP contribution in [0.25, 0.3) is 0 Å². The van der Waals surface area contributed by atoms with Gasteiger partial charge in [-0.05, 0) is 13.0 Å². The summed E-state index contributed by atoms with van der Waals surface area (Å²) in [6, 6.07) is 0. The van der Waals surface area contributed by atoms with Gasteiger partial charge in [0.1, 0.15) is 0 Å². The van der Waals surface area contributed by atoms with Crippen LogP contribution in [0.4, 0.5) is 0 Å². The molecule has 0 aliphatic carbocycles. The van der Waals surface area contributed by atoms with Crippen molar-refractivity contribution >= 4 is 5.97 Å². The highest BCUT2D eigenvalue weighted by Gasteiger charge is 2.30. The van der Waals surface area contributed by atoms with Crippen molar-refractivity contribution in [3.8, 4) is 0 Å². The fourth-order valence-electron chi connectivity index (χ4n) is 2.33. The maximum atomic E-state index is 10.8. The lowest BCUT2D eigenvalue weighted by Crippen LogP contribution is -2.53. The first-order valence-corrected chi connectivity index (χ1v) is 5.40. The Kier molecular flexibility index (Phi) is 3.23. The summed E-state index contributed by atoms with van der Waals surface area (Å²) in [5.41, 5.74) is 0. The summed E-state index contributed by atoms with van der Waals surface area (Å²) >= 11 is 0. The van der Waals surface area contributed by atoms with Crippen molar-refractivity contribution in [2.75, 3.05) is 46.4 Å². The van der Waals surface area contributed by atoms with E-state index < -0.39 is 12.1 Å². The normalized spacial score (nSPS) is 30.1. The third kappa shape index (κ3) is 2.68. The number of hydrogen-bond donors (Lipinski definition) is 1. The van der Waals surface area contributed by atoms with Crippen molar-refractivity contribution in [1.82, 2.24) is 9.80 Å². The molecule has 0 aromatic carbocycles. The molecule has 5 heteroatoms. The van der Waals surface area contributed by atoms with Crippen LogP contribution in [0.2, 0.25) is 0 Å². The molecule has 2 aliphatic rings. The number of carboxylic acids is 1. The molecular weight excluding hydrogens is 196 g/mol. The quantitative estimate of drug-likeness (QED) is 0.675. The van der Waals surface area contributed by atoms with Crippen LogP contribution in [0.1, 0.15) is 0 Å². The SMILES string of the molecule is CN1CC(CN2CCOC(C(=O)O)C2)C1. The highest BCUT2D eigenvalue weighted by atomic mass is 16.5. The van der Waals surface area contributed by atoms with Crippen LogP contribution in [-0.4, -0.2) is 73.4 Å². The van der Waals surface area contributed by atoms with Crippen molar-refractivity contribution in [2.45, 2.75) is 6.10 Å². The zero-order valence-electron chi connectivity index (χ0n) is 9.06. The van der Waals surface area contributed by atoms with Crippen LogP contribution in [0.3, 0.4) is 0 Å². The van der Waals surface area contributed by atoms with Gasteiger partial charge in [-0.1, -0.05) is 0 Å². The van der Waals surface area contributed by atoms with Crippen LogP contribution < -0.4 is 0 Å². The van der Waals surface area contributed by atoms with E-state index in [2.05, 4.69) is 16.8 Å². The second kappa shape index (κ2) is 4.47. The number of carbonyl (C=O) groups is 1. The Bertz CT molecular complexity index is 241. The molecule has 0 saturated carbocycles. The average Bonchev–Trinajstić information content (AvgIpc) is 2.16. The van der Waals surface area contributed by atoms with Gasteiger partial charge in [-0.2, -0.15) is 0 Å². The fourth-order valence-corrected chi connectivity index (χ4v) is 2.33. The molecule has 2 aliphatic heterocycles. The zero-order chi connectivity index (χ0) is 10.8. The summed E-state index contributed by atoms with van der Waals surface area (Å²) in [6.45, 7) is 5.22. The van der Waals surface area contributed by atoms with Gasteiger partial charge in [0.15, 0.2) is 6.10 Å². The van der Waals surface area contributed by atoms with Gasteiger partial charge in [0.25, 0.3) is 0 Å². The van der Waals surface area contributed by atoms with Crippen LogP contribution in [0, 0.1) is 5.92 Å². The predicted molar refractivity (Wildman–Crippen MR) is 54.8 cm³/mol. The molecule has 2 heterocycles. The van der Waals surface area contributed by atoms with E-state index in [4.69, 9.17) is 9.84 Å². The molecule has 1 N–H and O–H groups in total. The molecule has 1 atom stereocenters. The average molecular weight is 214 g/mol. The molecule has 15 heavy (non-hydrogen) atoms. The van der Waals surface area contributed by atoms with Gasteiger partial charge in [0, 0.05) is 32.7 Å². The van der Waals surface area contributed by atoms with Crippen LogP contribution in [0.5, 0.6) is 0 Å². The van der Waals surface area contributed by atoms with E-state index in [0.717, 1.165) is 26.2 Å². The highest BCUT2D eigenvalue weighted by molar-refractivity contribution is 5.72. The molecule has 5 nitrogen and oxygen atoms in total. The molecule has 2 saturated heterocycles. The van der Waals surface area contributed by atoms with Gasteiger partial charge in [0.2, 0.25) is 0 Å². The van der Waals surface area contributed by atoms with Crippen LogP contribution in [0.15, 0.2) is 0 Å². The maximum absolute atomic E-state index is 10.8. The maximum Gasteiger partial charge on any atom is 0.334 e. The first kappa shape index (κ1) is 10.9. The van der Waals surface area contributed by atoms with Gasteiger partial charge in [0.05, 0.1) is 6.61 Å². The predicted octanol–water partition coefficient (Wildman–Crippen LogP) is -0.667. The van der Waals surface area contributed by atoms with E-state index in [-0.39, 0.29) is 0 Å². The Morgan fingerprint density at radius 1 is 1.47 bits per heavy atom. The summed E-state index contributed by atoms with van der Waals surface area (Å²) in [6.07, 6.45) is -0.628. The van der Waals surface area contributed by atoms with E-state index in [1.54, 1.807) is 0 Å². The monoisotopic (exact) mass is 214 g/mol. The molecule has 2 fully saturated rings. The number of morpholine rings is 1. The molecule has 0 aromatic heterocycles. The Balaban J connectivity index is 1.75. The Hall–Kier alpha value is -0.650. The summed E-state index contributed by atoms with van der Waals surface area (Å²) in [4.78, 5) is 15.2. The highest BCUT2D eigenvalue weighted by Crippen LogP contribution is 2.16. The fraction of sp³-hybridized carbons (Fsp3) is 0.900.